The van der Waals surface area contributed by atoms with Crippen LogP contribution in [0.15, 0.2) is 42.7 Å². The van der Waals surface area contributed by atoms with Crippen LogP contribution in [0.2, 0.25) is 10.0 Å². The number of hydrazine groups is 1. The van der Waals surface area contributed by atoms with E-state index in [1.165, 1.54) is 12.4 Å². The predicted octanol–water partition coefficient (Wildman–Crippen LogP) is 3.15. The predicted molar refractivity (Wildman–Crippen MR) is 71.8 cm³/mol. The fourth-order valence-electron chi connectivity index (χ4n) is 1.31. The highest BCUT2D eigenvalue weighted by molar-refractivity contribution is 6.38. The molecule has 2 N–H and O–H groups in total. The van der Waals surface area contributed by atoms with E-state index in [1.54, 1.807) is 24.3 Å². The third-order valence-electron chi connectivity index (χ3n) is 2.19. The third kappa shape index (κ3) is 2.91. The van der Waals surface area contributed by atoms with E-state index >= 15 is 0 Å². The monoisotopic (exact) mass is 281 g/mol. The average molecular weight is 282 g/mol. The highest BCUT2D eigenvalue weighted by atomic mass is 35.5. The lowest BCUT2D eigenvalue weighted by molar-refractivity contribution is 0.0962. The van der Waals surface area contributed by atoms with E-state index in [-0.39, 0.29) is 5.91 Å². The molecule has 92 valence electrons. The number of rotatable bonds is 3. The summed E-state index contributed by atoms with van der Waals surface area (Å²) in [6.45, 7) is 0. The van der Waals surface area contributed by atoms with Crippen LogP contribution in [-0.2, 0) is 0 Å². The molecule has 2 aromatic rings. The van der Waals surface area contributed by atoms with E-state index in [0.717, 1.165) is 0 Å². The summed E-state index contributed by atoms with van der Waals surface area (Å²) in [6, 6.07) is 8.79. The van der Waals surface area contributed by atoms with Gasteiger partial charge in [0.15, 0.2) is 0 Å². The molecule has 0 atom stereocenters. The number of halogens is 2. The first kappa shape index (κ1) is 12.7. The molecule has 0 aliphatic carbocycles. The maximum atomic E-state index is 11.8. The summed E-state index contributed by atoms with van der Waals surface area (Å²) in [5, 5.41) is 0.659. The Morgan fingerprint density at radius 3 is 2.28 bits per heavy atom. The van der Waals surface area contributed by atoms with E-state index in [4.69, 9.17) is 23.2 Å². The molecule has 1 amide bonds. The Hall–Kier alpha value is -1.78. The largest absolute Gasteiger partial charge is 0.295 e. The first-order chi connectivity index (χ1) is 8.68. The van der Waals surface area contributed by atoms with E-state index in [0.29, 0.717) is 21.3 Å². The van der Waals surface area contributed by atoms with Gasteiger partial charge in [0.05, 0.1) is 15.7 Å². The molecule has 2 rings (SSSR count). The Kier molecular flexibility index (Phi) is 4.02. The normalized spacial score (nSPS) is 9.89. The maximum Gasteiger partial charge on any atom is 0.269 e. The number of hydrogen-bond donors (Lipinski definition) is 2. The van der Waals surface area contributed by atoms with Gasteiger partial charge in [-0.1, -0.05) is 41.4 Å². The molecule has 0 unspecified atom stereocenters. The maximum absolute atomic E-state index is 11.8. The van der Waals surface area contributed by atoms with Gasteiger partial charge < -0.3 is 0 Å². The lowest BCUT2D eigenvalue weighted by Gasteiger charge is -2.10. The summed E-state index contributed by atoms with van der Waals surface area (Å²) < 4.78 is 0. The van der Waals surface area contributed by atoms with Crippen molar-refractivity contribution in [1.82, 2.24) is 10.4 Å². The second-order valence-electron chi connectivity index (χ2n) is 3.42. The Balaban J connectivity index is 2.07. The number of amides is 1. The van der Waals surface area contributed by atoms with Gasteiger partial charge >= 0.3 is 0 Å². The number of benzene rings is 1. The van der Waals surface area contributed by atoms with E-state index in [2.05, 4.69) is 15.8 Å². The van der Waals surface area contributed by atoms with Gasteiger partial charge in [0.1, 0.15) is 0 Å². The van der Waals surface area contributed by atoms with Crippen molar-refractivity contribution in [1.29, 1.82) is 0 Å². The number of carbonyl (C=O) groups excluding carboxylic acids is 1. The summed E-state index contributed by atoms with van der Waals surface area (Å²) in [5.41, 5.74) is 6.14. The first-order valence-corrected chi connectivity index (χ1v) is 5.84. The summed E-state index contributed by atoms with van der Waals surface area (Å²) in [5.74, 6) is -0.278. The van der Waals surface area contributed by atoms with E-state index in [1.807, 2.05) is 6.07 Å². The minimum Gasteiger partial charge on any atom is -0.295 e. The van der Waals surface area contributed by atoms with Gasteiger partial charge in [-0.25, -0.2) is 0 Å². The van der Waals surface area contributed by atoms with Crippen LogP contribution in [0.5, 0.6) is 0 Å². The lowest BCUT2D eigenvalue weighted by atomic mass is 10.2. The standard InChI is InChI=1S/C12H9Cl2N3O/c13-9-6-15-7-10(14)11(9)16-17-12(18)8-4-2-1-3-5-8/h1-7H,(H,15,16)(H,17,18). The number of nitrogens with one attached hydrogen (secondary N) is 2. The second kappa shape index (κ2) is 5.71. The van der Waals surface area contributed by atoms with Crippen molar-refractivity contribution in [3.63, 3.8) is 0 Å². The molecule has 18 heavy (non-hydrogen) atoms. The molecule has 1 heterocycles. The molecule has 1 aromatic carbocycles. The highest BCUT2D eigenvalue weighted by Gasteiger charge is 2.08. The molecule has 0 aliphatic heterocycles. The topological polar surface area (TPSA) is 54.0 Å². The van der Waals surface area contributed by atoms with Crippen molar-refractivity contribution in [2.24, 2.45) is 0 Å². The Bertz CT molecular complexity index is 540. The molecule has 1 aromatic heterocycles. The molecule has 0 fully saturated rings. The number of carbonyl (C=O) groups is 1. The van der Waals surface area contributed by atoms with Crippen molar-refractivity contribution < 1.29 is 4.79 Å². The van der Waals surface area contributed by atoms with Crippen LogP contribution in [0.3, 0.4) is 0 Å². The highest BCUT2D eigenvalue weighted by Crippen LogP contribution is 2.27. The molecular weight excluding hydrogens is 273 g/mol. The minimum atomic E-state index is -0.278. The smallest absolute Gasteiger partial charge is 0.269 e. The number of hydrogen-bond acceptors (Lipinski definition) is 3. The zero-order valence-electron chi connectivity index (χ0n) is 9.15. The fourth-order valence-corrected chi connectivity index (χ4v) is 1.77. The minimum absolute atomic E-state index is 0.278. The molecule has 0 saturated carbocycles. The van der Waals surface area contributed by atoms with Crippen LogP contribution in [0.4, 0.5) is 5.69 Å². The van der Waals surface area contributed by atoms with Crippen molar-refractivity contribution in [3.05, 3.63) is 58.3 Å². The second-order valence-corrected chi connectivity index (χ2v) is 4.24. The molecule has 6 heteroatoms. The SMILES string of the molecule is O=C(NNc1c(Cl)cncc1Cl)c1ccccc1. The summed E-state index contributed by atoms with van der Waals surface area (Å²) >= 11 is 11.8. The average Bonchev–Trinajstić information content (AvgIpc) is 2.39. The van der Waals surface area contributed by atoms with Gasteiger partial charge in [-0.2, -0.15) is 0 Å². The van der Waals surface area contributed by atoms with Crippen LogP contribution >= 0.6 is 23.2 Å². The van der Waals surface area contributed by atoms with Gasteiger partial charge in [-0.3, -0.25) is 20.6 Å². The van der Waals surface area contributed by atoms with Gasteiger partial charge in [0.25, 0.3) is 5.91 Å². The van der Waals surface area contributed by atoms with Gasteiger partial charge in [0.2, 0.25) is 0 Å². The number of nitrogens with zero attached hydrogens (tertiary/aromatic N) is 1. The van der Waals surface area contributed by atoms with Crippen molar-refractivity contribution >= 4 is 34.8 Å². The van der Waals surface area contributed by atoms with Crippen LogP contribution < -0.4 is 10.9 Å². The Labute approximate surface area is 114 Å². The molecule has 4 nitrogen and oxygen atoms in total. The number of aromatic nitrogens is 1. The van der Waals surface area contributed by atoms with Crippen molar-refractivity contribution in [2.75, 3.05) is 5.43 Å². The number of anilines is 1. The van der Waals surface area contributed by atoms with Gasteiger partial charge in [-0.05, 0) is 12.1 Å². The fraction of sp³-hybridized carbons (Fsp3) is 0. The zero-order valence-corrected chi connectivity index (χ0v) is 10.7. The van der Waals surface area contributed by atoms with E-state index < -0.39 is 0 Å². The van der Waals surface area contributed by atoms with Crippen molar-refractivity contribution in [2.45, 2.75) is 0 Å². The zero-order chi connectivity index (χ0) is 13.0. The molecule has 0 bridgehead atoms. The van der Waals surface area contributed by atoms with Crippen LogP contribution in [-0.4, -0.2) is 10.9 Å². The Morgan fingerprint density at radius 1 is 1.06 bits per heavy atom. The van der Waals surface area contributed by atoms with Crippen LogP contribution in [0, 0.1) is 0 Å². The summed E-state index contributed by atoms with van der Waals surface area (Å²) in [4.78, 5) is 15.6. The lowest BCUT2D eigenvalue weighted by Crippen LogP contribution is -2.29. The number of pyridine rings is 1. The third-order valence-corrected chi connectivity index (χ3v) is 2.76. The van der Waals surface area contributed by atoms with E-state index in [9.17, 15) is 4.79 Å². The quantitative estimate of drug-likeness (QED) is 0.850. The molecule has 0 aliphatic rings. The van der Waals surface area contributed by atoms with Crippen molar-refractivity contribution in [3.8, 4) is 0 Å². The summed E-state index contributed by atoms with van der Waals surface area (Å²) in [6.07, 6.45) is 2.87. The molecule has 0 radical (unpaired) electrons. The summed E-state index contributed by atoms with van der Waals surface area (Å²) in [7, 11) is 0. The van der Waals surface area contributed by atoms with Crippen LogP contribution in [0.25, 0.3) is 0 Å². The molecule has 0 saturated heterocycles. The Morgan fingerprint density at radius 2 is 1.67 bits per heavy atom. The molecule has 0 spiro atoms. The first-order valence-electron chi connectivity index (χ1n) is 5.09. The van der Waals surface area contributed by atoms with Gasteiger partial charge in [0, 0.05) is 18.0 Å². The van der Waals surface area contributed by atoms with Crippen LogP contribution in [0.1, 0.15) is 10.4 Å². The van der Waals surface area contributed by atoms with Gasteiger partial charge in [-0.15, -0.1) is 0 Å². The molecular formula is C12H9Cl2N3O.